The standard InChI is InChI=1S/C16H16FN2O/c17-15-10-4-9-14(12-15)16(20)19-18-11-5-8-13-6-2-1-3-7-13/h1-4,6-7,9-10,12H,5,8,11H2,(H,19,20). The van der Waals surface area contributed by atoms with Crippen LogP contribution in [0.25, 0.3) is 0 Å². The van der Waals surface area contributed by atoms with Crippen LogP contribution in [0, 0.1) is 5.82 Å². The Labute approximate surface area is 117 Å². The monoisotopic (exact) mass is 271 g/mol. The lowest BCUT2D eigenvalue weighted by Gasteiger charge is -2.05. The maximum absolute atomic E-state index is 12.9. The van der Waals surface area contributed by atoms with E-state index >= 15 is 0 Å². The topological polar surface area (TPSA) is 43.2 Å². The minimum atomic E-state index is -0.429. The van der Waals surface area contributed by atoms with Gasteiger partial charge in [0.25, 0.3) is 5.91 Å². The average Bonchev–Trinajstić information content (AvgIpc) is 2.48. The second kappa shape index (κ2) is 7.40. The molecule has 3 nitrogen and oxygen atoms in total. The molecule has 0 bridgehead atoms. The third-order valence-corrected chi connectivity index (χ3v) is 2.85. The summed E-state index contributed by atoms with van der Waals surface area (Å²) < 4.78 is 12.9. The van der Waals surface area contributed by atoms with Gasteiger partial charge in [0.05, 0.1) is 0 Å². The first kappa shape index (κ1) is 14.2. The molecule has 0 heterocycles. The summed E-state index contributed by atoms with van der Waals surface area (Å²) in [7, 11) is 0. The predicted octanol–water partition coefficient (Wildman–Crippen LogP) is 2.71. The molecule has 0 aliphatic rings. The molecule has 0 fully saturated rings. The Balaban J connectivity index is 1.67. The molecule has 2 rings (SSSR count). The van der Waals surface area contributed by atoms with E-state index in [0.29, 0.717) is 6.54 Å². The number of halogens is 1. The van der Waals surface area contributed by atoms with E-state index in [9.17, 15) is 9.18 Å². The zero-order valence-electron chi connectivity index (χ0n) is 11.1. The first-order valence-electron chi connectivity index (χ1n) is 6.52. The summed E-state index contributed by atoms with van der Waals surface area (Å²) in [5.74, 6) is -0.814. The van der Waals surface area contributed by atoms with Gasteiger partial charge in [0.2, 0.25) is 0 Å². The van der Waals surface area contributed by atoms with Gasteiger partial charge in [-0.25, -0.2) is 4.39 Å². The Morgan fingerprint density at radius 1 is 1.10 bits per heavy atom. The SMILES string of the molecule is O=C(N[N]CCCc1ccccc1)c1cccc(F)c1. The molecule has 0 saturated heterocycles. The molecule has 0 spiro atoms. The van der Waals surface area contributed by atoms with Crippen LogP contribution in [0.15, 0.2) is 54.6 Å². The fourth-order valence-corrected chi connectivity index (χ4v) is 1.83. The third-order valence-electron chi connectivity index (χ3n) is 2.85. The van der Waals surface area contributed by atoms with Gasteiger partial charge < -0.3 is 0 Å². The van der Waals surface area contributed by atoms with Crippen LogP contribution in [0.3, 0.4) is 0 Å². The van der Waals surface area contributed by atoms with E-state index in [1.165, 1.54) is 23.8 Å². The lowest BCUT2D eigenvalue weighted by molar-refractivity contribution is 0.0930. The first-order chi connectivity index (χ1) is 9.75. The van der Waals surface area contributed by atoms with Crippen molar-refractivity contribution in [3.05, 3.63) is 71.5 Å². The van der Waals surface area contributed by atoms with Crippen molar-refractivity contribution >= 4 is 5.91 Å². The van der Waals surface area contributed by atoms with Crippen molar-refractivity contribution < 1.29 is 9.18 Å². The summed E-state index contributed by atoms with van der Waals surface area (Å²) in [6.07, 6.45) is 1.77. The molecule has 0 saturated carbocycles. The van der Waals surface area contributed by atoms with Crippen LogP contribution in [-0.2, 0) is 6.42 Å². The number of nitrogens with zero attached hydrogens (tertiary/aromatic N) is 1. The summed E-state index contributed by atoms with van der Waals surface area (Å²) in [6, 6.07) is 15.6. The first-order valence-corrected chi connectivity index (χ1v) is 6.52. The van der Waals surface area contributed by atoms with Gasteiger partial charge >= 0.3 is 0 Å². The molecule has 0 aromatic heterocycles. The second-order valence-electron chi connectivity index (χ2n) is 4.42. The van der Waals surface area contributed by atoms with E-state index in [-0.39, 0.29) is 11.5 Å². The van der Waals surface area contributed by atoms with E-state index in [1.54, 1.807) is 6.07 Å². The van der Waals surface area contributed by atoms with E-state index in [4.69, 9.17) is 0 Å². The maximum Gasteiger partial charge on any atom is 0.266 e. The van der Waals surface area contributed by atoms with Crippen LogP contribution >= 0.6 is 0 Å². The van der Waals surface area contributed by atoms with Crippen molar-refractivity contribution in [2.24, 2.45) is 0 Å². The van der Waals surface area contributed by atoms with Crippen molar-refractivity contribution in [1.82, 2.24) is 10.9 Å². The quantitative estimate of drug-likeness (QED) is 0.637. The normalized spacial score (nSPS) is 10.2. The molecule has 0 aliphatic heterocycles. The number of carbonyl (C=O) groups is 1. The smallest absolute Gasteiger partial charge is 0.266 e. The molecule has 2 aromatic carbocycles. The van der Waals surface area contributed by atoms with Gasteiger partial charge in [0.15, 0.2) is 0 Å². The lowest BCUT2D eigenvalue weighted by atomic mass is 10.1. The zero-order valence-corrected chi connectivity index (χ0v) is 11.1. The molecule has 0 aliphatic carbocycles. The molecule has 1 amide bonds. The molecule has 1 N–H and O–H groups in total. The minimum absolute atomic E-state index is 0.275. The highest BCUT2D eigenvalue weighted by atomic mass is 19.1. The number of benzene rings is 2. The number of rotatable bonds is 6. The molecule has 20 heavy (non-hydrogen) atoms. The van der Waals surface area contributed by atoms with Gasteiger partial charge in [-0.1, -0.05) is 36.4 Å². The number of carbonyl (C=O) groups excluding carboxylic acids is 1. The predicted molar refractivity (Wildman–Crippen MR) is 75.6 cm³/mol. The summed E-state index contributed by atoms with van der Waals surface area (Å²) in [5.41, 5.74) is 7.93. The summed E-state index contributed by atoms with van der Waals surface area (Å²) in [5, 5.41) is 0. The van der Waals surface area contributed by atoms with Crippen LogP contribution in [0.1, 0.15) is 22.3 Å². The number of hydrogen-bond donors (Lipinski definition) is 1. The Bertz CT molecular complexity index is 557. The van der Waals surface area contributed by atoms with Crippen molar-refractivity contribution in [2.45, 2.75) is 12.8 Å². The van der Waals surface area contributed by atoms with E-state index in [2.05, 4.69) is 23.0 Å². The molecule has 1 radical (unpaired) electrons. The number of hydrogen-bond acceptors (Lipinski definition) is 1. The summed E-state index contributed by atoms with van der Waals surface area (Å²) in [6.45, 7) is 0.538. The summed E-state index contributed by atoms with van der Waals surface area (Å²) >= 11 is 0. The Kier molecular flexibility index (Phi) is 5.26. The van der Waals surface area contributed by atoms with Crippen molar-refractivity contribution in [2.75, 3.05) is 6.54 Å². The Morgan fingerprint density at radius 2 is 1.90 bits per heavy atom. The molecule has 103 valence electrons. The molecule has 4 heteroatoms. The maximum atomic E-state index is 12.9. The van der Waals surface area contributed by atoms with Crippen molar-refractivity contribution in [1.29, 1.82) is 0 Å². The highest BCUT2D eigenvalue weighted by Gasteiger charge is 2.05. The van der Waals surface area contributed by atoms with Gasteiger partial charge in [0, 0.05) is 12.1 Å². The number of aryl methyl sites for hydroxylation is 1. The molecule has 0 unspecified atom stereocenters. The lowest BCUT2D eigenvalue weighted by Crippen LogP contribution is -2.32. The molecule has 2 aromatic rings. The number of amides is 1. The molecular formula is C16H16FN2O. The van der Waals surface area contributed by atoms with Gasteiger partial charge in [0.1, 0.15) is 5.82 Å². The van der Waals surface area contributed by atoms with Crippen LogP contribution in [0.5, 0.6) is 0 Å². The highest BCUT2D eigenvalue weighted by Crippen LogP contribution is 2.03. The molecular weight excluding hydrogens is 255 g/mol. The van der Waals surface area contributed by atoms with Crippen LogP contribution in [-0.4, -0.2) is 12.5 Å². The Hall–Kier alpha value is -2.20. The van der Waals surface area contributed by atoms with Crippen molar-refractivity contribution in [3.8, 4) is 0 Å². The van der Waals surface area contributed by atoms with Crippen LogP contribution in [0.4, 0.5) is 4.39 Å². The van der Waals surface area contributed by atoms with Crippen molar-refractivity contribution in [3.63, 3.8) is 0 Å². The summed E-state index contributed by atoms with van der Waals surface area (Å²) in [4.78, 5) is 11.7. The van der Waals surface area contributed by atoms with Gasteiger partial charge in [-0.3, -0.25) is 10.2 Å². The van der Waals surface area contributed by atoms with Gasteiger partial charge in [-0.2, -0.15) is 0 Å². The second-order valence-corrected chi connectivity index (χ2v) is 4.42. The van der Waals surface area contributed by atoms with E-state index in [0.717, 1.165) is 12.8 Å². The zero-order chi connectivity index (χ0) is 14.2. The van der Waals surface area contributed by atoms with Gasteiger partial charge in [-0.15, -0.1) is 5.43 Å². The molecule has 0 atom stereocenters. The van der Waals surface area contributed by atoms with Gasteiger partial charge in [-0.05, 0) is 36.6 Å². The number of nitrogens with one attached hydrogen (secondary N) is 1. The fourth-order valence-electron chi connectivity index (χ4n) is 1.83. The minimum Gasteiger partial charge on any atom is -0.270 e. The van der Waals surface area contributed by atoms with Crippen LogP contribution in [0.2, 0.25) is 0 Å². The Morgan fingerprint density at radius 3 is 2.65 bits per heavy atom. The largest absolute Gasteiger partial charge is 0.270 e. The third kappa shape index (κ3) is 4.48. The van der Waals surface area contributed by atoms with E-state index < -0.39 is 5.82 Å². The fraction of sp³-hybridized carbons (Fsp3) is 0.188. The van der Waals surface area contributed by atoms with Crippen LogP contribution < -0.4 is 10.9 Å². The van der Waals surface area contributed by atoms with E-state index in [1.807, 2.05) is 18.2 Å². The highest BCUT2D eigenvalue weighted by molar-refractivity contribution is 5.93. The average molecular weight is 271 g/mol.